The zero-order valence-electron chi connectivity index (χ0n) is 17.8. The van der Waals surface area contributed by atoms with Gasteiger partial charge in [-0.05, 0) is 60.9 Å². The van der Waals surface area contributed by atoms with E-state index in [1.807, 2.05) is 24.4 Å². The summed E-state index contributed by atoms with van der Waals surface area (Å²) in [7, 11) is 0. The van der Waals surface area contributed by atoms with Gasteiger partial charge in [-0.1, -0.05) is 23.9 Å². The molecule has 160 valence electrons. The highest BCUT2D eigenvalue weighted by atomic mass is 32.2. The van der Waals surface area contributed by atoms with E-state index in [9.17, 15) is 4.79 Å². The summed E-state index contributed by atoms with van der Waals surface area (Å²) in [6.07, 6.45) is 3.54. The summed E-state index contributed by atoms with van der Waals surface area (Å²) in [5.74, 6) is 0.800. The molecule has 0 bridgehead atoms. The normalized spacial score (nSPS) is 13.8. The Morgan fingerprint density at radius 3 is 2.68 bits per heavy atom. The maximum absolute atomic E-state index is 12.9. The average molecular weight is 435 g/mol. The molecular formula is C24H26N4O2S. The zero-order chi connectivity index (χ0) is 21.6. The summed E-state index contributed by atoms with van der Waals surface area (Å²) < 4.78 is 5.39. The molecule has 7 heteroatoms. The van der Waals surface area contributed by atoms with Crippen LogP contribution in [0.25, 0.3) is 0 Å². The summed E-state index contributed by atoms with van der Waals surface area (Å²) in [5.41, 5.74) is 4.00. The summed E-state index contributed by atoms with van der Waals surface area (Å²) in [5, 5.41) is 3.69. The molecule has 0 unspecified atom stereocenters. The monoisotopic (exact) mass is 434 g/mol. The molecule has 3 heterocycles. The molecule has 6 nitrogen and oxygen atoms in total. The van der Waals surface area contributed by atoms with Gasteiger partial charge in [0.2, 0.25) is 0 Å². The van der Waals surface area contributed by atoms with Gasteiger partial charge in [-0.2, -0.15) is 0 Å². The first-order chi connectivity index (χ1) is 15.1. The Morgan fingerprint density at radius 2 is 1.94 bits per heavy atom. The second kappa shape index (κ2) is 9.94. The van der Waals surface area contributed by atoms with Gasteiger partial charge in [0.05, 0.1) is 18.8 Å². The van der Waals surface area contributed by atoms with Crippen LogP contribution in [-0.4, -0.2) is 42.2 Å². The van der Waals surface area contributed by atoms with Crippen LogP contribution < -0.4 is 10.2 Å². The van der Waals surface area contributed by atoms with Crippen LogP contribution in [0.3, 0.4) is 0 Å². The van der Waals surface area contributed by atoms with Crippen molar-refractivity contribution < 1.29 is 9.53 Å². The smallest absolute Gasteiger partial charge is 0.254 e. The Kier molecular flexibility index (Phi) is 6.84. The SMILES string of the molecule is Cc1ccc(Sc2ncccc2C(=O)NCc2ccc(N3CCOCC3)nc2)cc1C. The predicted molar refractivity (Wildman–Crippen MR) is 123 cm³/mol. The lowest BCUT2D eigenvalue weighted by Crippen LogP contribution is -2.36. The van der Waals surface area contributed by atoms with Crippen molar-refractivity contribution in [2.45, 2.75) is 30.3 Å². The van der Waals surface area contributed by atoms with E-state index >= 15 is 0 Å². The van der Waals surface area contributed by atoms with E-state index < -0.39 is 0 Å². The van der Waals surface area contributed by atoms with Gasteiger partial charge in [0.1, 0.15) is 10.8 Å². The van der Waals surface area contributed by atoms with Gasteiger partial charge in [0, 0.05) is 36.9 Å². The van der Waals surface area contributed by atoms with E-state index in [0.717, 1.165) is 42.6 Å². The van der Waals surface area contributed by atoms with Crippen molar-refractivity contribution >= 4 is 23.5 Å². The van der Waals surface area contributed by atoms with Crippen LogP contribution in [0.15, 0.2) is 64.8 Å². The molecular weight excluding hydrogens is 408 g/mol. The second-order valence-corrected chi connectivity index (χ2v) is 8.57. The number of nitrogens with zero attached hydrogens (tertiary/aromatic N) is 3. The lowest BCUT2D eigenvalue weighted by atomic mass is 10.1. The highest BCUT2D eigenvalue weighted by Crippen LogP contribution is 2.30. The topological polar surface area (TPSA) is 67.4 Å². The lowest BCUT2D eigenvalue weighted by Gasteiger charge is -2.27. The van der Waals surface area contributed by atoms with Gasteiger partial charge in [-0.25, -0.2) is 9.97 Å². The number of aryl methyl sites for hydroxylation is 2. The lowest BCUT2D eigenvalue weighted by molar-refractivity contribution is 0.0947. The van der Waals surface area contributed by atoms with Crippen molar-refractivity contribution in [3.05, 3.63) is 77.1 Å². The minimum atomic E-state index is -0.142. The van der Waals surface area contributed by atoms with E-state index in [0.29, 0.717) is 17.1 Å². The number of hydrogen-bond donors (Lipinski definition) is 1. The molecule has 0 radical (unpaired) electrons. The molecule has 1 N–H and O–H groups in total. The van der Waals surface area contributed by atoms with Crippen molar-refractivity contribution in [3.63, 3.8) is 0 Å². The Balaban J connectivity index is 1.40. The fraction of sp³-hybridized carbons (Fsp3) is 0.292. The number of ether oxygens (including phenoxy) is 1. The number of morpholine rings is 1. The predicted octanol–water partition coefficient (Wildman–Crippen LogP) is 4.01. The van der Waals surface area contributed by atoms with Crippen LogP contribution in [0, 0.1) is 13.8 Å². The first kappa shape index (κ1) is 21.3. The maximum Gasteiger partial charge on any atom is 0.254 e. The molecule has 0 saturated carbocycles. The number of amides is 1. The largest absolute Gasteiger partial charge is 0.378 e. The van der Waals surface area contributed by atoms with Gasteiger partial charge >= 0.3 is 0 Å². The van der Waals surface area contributed by atoms with Gasteiger partial charge < -0.3 is 15.0 Å². The van der Waals surface area contributed by atoms with Crippen LogP contribution in [-0.2, 0) is 11.3 Å². The van der Waals surface area contributed by atoms with Crippen molar-refractivity contribution in [1.82, 2.24) is 15.3 Å². The number of nitrogens with one attached hydrogen (secondary N) is 1. The Morgan fingerprint density at radius 1 is 1.10 bits per heavy atom. The minimum Gasteiger partial charge on any atom is -0.378 e. The summed E-state index contributed by atoms with van der Waals surface area (Å²) in [4.78, 5) is 25.1. The first-order valence-corrected chi connectivity index (χ1v) is 11.2. The van der Waals surface area contributed by atoms with E-state index in [4.69, 9.17) is 4.74 Å². The molecule has 1 saturated heterocycles. The van der Waals surface area contributed by atoms with Crippen LogP contribution in [0.2, 0.25) is 0 Å². The summed E-state index contributed by atoms with van der Waals surface area (Å²) >= 11 is 1.50. The third-order valence-electron chi connectivity index (χ3n) is 5.31. The van der Waals surface area contributed by atoms with Gasteiger partial charge in [0.15, 0.2) is 0 Å². The van der Waals surface area contributed by atoms with Crippen LogP contribution in [0.5, 0.6) is 0 Å². The highest BCUT2D eigenvalue weighted by molar-refractivity contribution is 7.99. The molecule has 0 atom stereocenters. The fourth-order valence-electron chi connectivity index (χ4n) is 3.31. The number of benzene rings is 1. The third-order valence-corrected chi connectivity index (χ3v) is 6.31. The summed E-state index contributed by atoms with van der Waals surface area (Å²) in [6.45, 7) is 7.75. The molecule has 2 aromatic heterocycles. The molecule has 1 fully saturated rings. The van der Waals surface area contributed by atoms with E-state index in [1.165, 1.54) is 22.9 Å². The van der Waals surface area contributed by atoms with Crippen LogP contribution in [0.1, 0.15) is 27.0 Å². The van der Waals surface area contributed by atoms with E-state index in [2.05, 4.69) is 52.2 Å². The number of aromatic nitrogens is 2. The Labute approximate surface area is 187 Å². The van der Waals surface area contributed by atoms with Crippen LogP contribution >= 0.6 is 11.8 Å². The molecule has 31 heavy (non-hydrogen) atoms. The number of carbonyl (C=O) groups excluding carboxylic acids is 1. The molecule has 3 aromatic rings. The highest BCUT2D eigenvalue weighted by Gasteiger charge is 2.15. The van der Waals surface area contributed by atoms with Gasteiger partial charge in [-0.15, -0.1) is 0 Å². The fourth-order valence-corrected chi connectivity index (χ4v) is 4.29. The third kappa shape index (κ3) is 5.42. The number of pyridine rings is 2. The number of carbonyl (C=O) groups is 1. The molecule has 1 aromatic carbocycles. The molecule has 0 spiro atoms. The maximum atomic E-state index is 12.9. The number of hydrogen-bond acceptors (Lipinski definition) is 6. The van der Waals surface area contributed by atoms with E-state index in [1.54, 1.807) is 12.3 Å². The molecule has 1 amide bonds. The number of anilines is 1. The standard InChI is InChI=1S/C24H26N4O2S/c1-17-5-7-20(14-18(17)2)31-24-21(4-3-9-25-24)23(29)27-16-19-6-8-22(26-15-19)28-10-12-30-13-11-28/h3-9,14-15H,10-13,16H2,1-2H3,(H,27,29). The molecule has 0 aliphatic carbocycles. The second-order valence-electron chi connectivity index (χ2n) is 7.51. The van der Waals surface area contributed by atoms with E-state index in [-0.39, 0.29) is 5.91 Å². The summed E-state index contributed by atoms with van der Waals surface area (Å²) in [6, 6.07) is 13.9. The first-order valence-electron chi connectivity index (χ1n) is 10.4. The molecule has 4 rings (SSSR count). The number of rotatable bonds is 6. The average Bonchev–Trinajstić information content (AvgIpc) is 2.81. The van der Waals surface area contributed by atoms with Gasteiger partial charge in [0.25, 0.3) is 5.91 Å². The zero-order valence-corrected chi connectivity index (χ0v) is 18.6. The van der Waals surface area contributed by atoms with Crippen molar-refractivity contribution in [1.29, 1.82) is 0 Å². The minimum absolute atomic E-state index is 0.142. The van der Waals surface area contributed by atoms with Crippen molar-refractivity contribution in [3.8, 4) is 0 Å². The Hall–Kier alpha value is -2.90. The van der Waals surface area contributed by atoms with Crippen molar-refractivity contribution in [2.75, 3.05) is 31.2 Å². The Bertz CT molecular complexity index is 1050. The van der Waals surface area contributed by atoms with Crippen LogP contribution in [0.4, 0.5) is 5.82 Å². The van der Waals surface area contributed by atoms with Crippen molar-refractivity contribution in [2.24, 2.45) is 0 Å². The van der Waals surface area contributed by atoms with Gasteiger partial charge in [-0.3, -0.25) is 4.79 Å². The molecule has 1 aliphatic rings. The molecule has 1 aliphatic heterocycles. The quantitative estimate of drug-likeness (QED) is 0.632.